The van der Waals surface area contributed by atoms with E-state index in [1.165, 1.54) is 0 Å². The van der Waals surface area contributed by atoms with Gasteiger partial charge in [0.1, 0.15) is 0 Å². The summed E-state index contributed by atoms with van der Waals surface area (Å²) in [4.78, 5) is 0. The van der Waals surface area contributed by atoms with Gasteiger partial charge in [-0.15, -0.1) is 0 Å². The van der Waals surface area contributed by atoms with Crippen LogP contribution in [0.5, 0.6) is 0 Å². The summed E-state index contributed by atoms with van der Waals surface area (Å²) in [5.41, 5.74) is 6.21. The fraction of sp³-hybridized carbons (Fsp3) is 0.333. The molecule has 3 aromatic rings. The van der Waals surface area contributed by atoms with Crippen LogP contribution < -0.4 is 0 Å². The molecule has 2 radical (unpaired) electrons. The number of aryl methyl sites for hydroxylation is 3. The lowest BCUT2D eigenvalue weighted by Gasteiger charge is -2.37. The minimum Gasteiger partial charge on any atom is -0.0887 e. The zero-order valence-electron chi connectivity index (χ0n) is 18.4. The molecule has 0 nitrogen and oxygen atoms in total. The molecule has 0 atom stereocenters. The van der Waals surface area contributed by atoms with Crippen LogP contribution in [0.4, 0.5) is 0 Å². The Bertz CT molecular complexity index is 933. The zero-order valence-corrected chi connectivity index (χ0v) is 20.7. The maximum absolute atomic E-state index is 6.62. The minimum atomic E-state index is -0.416. The summed E-state index contributed by atoms with van der Waals surface area (Å²) in [6.07, 6.45) is 4.71. The molecule has 160 valence electrons. The minimum absolute atomic E-state index is 0.416. The van der Waals surface area contributed by atoms with Crippen molar-refractivity contribution in [3.8, 4) is 0 Å². The molecule has 0 aliphatic heterocycles. The molecule has 0 aliphatic rings. The van der Waals surface area contributed by atoms with Gasteiger partial charge in [-0.25, -0.2) is 0 Å². The van der Waals surface area contributed by atoms with E-state index in [2.05, 4.69) is 54.6 Å². The van der Waals surface area contributed by atoms with Gasteiger partial charge in [-0.3, -0.25) is 0 Å². The van der Waals surface area contributed by atoms with E-state index in [-0.39, 0.29) is 0 Å². The molecule has 3 rings (SSSR count). The molecule has 0 spiro atoms. The molecule has 0 aliphatic carbocycles. The second-order valence-corrected chi connectivity index (χ2v) is 9.62. The lowest BCUT2D eigenvalue weighted by Crippen LogP contribution is -2.30. The monoisotopic (exact) mass is 468 g/mol. The highest BCUT2D eigenvalue weighted by atomic mass is 35.5. The lowest BCUT2D eigenvalue weighted by atomic mass is 9.66. The third-order valence-electron chi connectivity index (χ3n) is 6.25. The van der Waals surface area contributed by atoms with Gasteiger partial charge in [-0.05, 0) is 78.8 Å². The summed E-state index contributed by atoms with van der Waals surface area (Å²) in [7, 11) is 5.77. The highest BCUT2D eigenvalue weighted by molar-refractivity contribution is 6.32. The van der Waals surface area contributed by atoms with E-state index < -0.39 is 5.41 Å². The van der Waals surface area contributed by atoms with Gasteiger partial charge < -0.3 is 0 Å². The van der Waals surface area contributed by atoms with Crippen molar-refractivity contribution in [3.63, 3.8) is 0 Å². The Morgan fingerprint density at radius 2 is 1.00 bits per heavy atom. The molecule has 0 heterocycles. The molecule has 3 aromatic carbocycles. The third-order valence-corrected chi connectivity index (χ3v) is 7.47. The van der Waals surface area contributed by atoms with E-state index in [1.54, 1.807) is 0 Å². The largest absolute Gasteiger partial charge is 0.0887 e. The molecular weight excluding hydrogens is 441 g/mol. The van der Waals surface area contributed by atoms with Crippen LogP contribution in [0.3, 0.4) is 0 Å². The van der Waals surface area contributed by atoms with Crippen molar-refractivity contribution >= 4 is 42.6 Å². The van der Waals surface area contributed by atoms with Crippen molar-refractivity contribution in [2.75, 3.05) is 0 Å². The van der Waals surface area contributed by atoms with Gasteiger partial charge in [0.15, 0.2) is 0 Å². The van der Waals surface area contributed by atoms with Crippen LogP contribution in [0.1, 0.15) is 59.1 Å². The van der Waals surface area contributed by atoms with Crippen LogP contribution >= 0.6 is 34.8 Å². The first kappa shape index (κ1) is 24.2. The van der Waals surface area contributed by atoms with Crippen molar-refractivity contribution in [2.24, 2.45) is 0 Å². The number of hydrogen-bond donors (Lipinski definition) is 0. The number of rotatable bonds is 8. The number of benzene rings is 3. The topological polar surface area (TPSA) is 0 Å². The summed E-state index contributed by atoms with van der Waals surface area (Å²) in [6.45, 7) is 6.08. The average molecular weight is 470 g/mol. The Kier molecular flexibility index (Phi) is 8.19. The van der Waals surface area contributed by atoms with E-state index in [0.29, 0.717) is 6.32 Å². The maximum atomic E-state index is 6.62. The van der Waals surface area contributed by atoms with Gasteiger partial charge in [-0.2, -0.15) is 0 Å². The Morgan fingerprint density at radius 3 is 1.32 bits per heavy atom. The molecule has 0 bridgehead atoms. The molecule has 31 heavy (non-hydrogen) atoms. The van der Waals surface area contributed by atoms with E-state index in [0.717, 1.165) is 74.1 Å². The predicted octanol–water partition coefficient (Wildman–Crippen LogP) is 9.05. The number of hydrogen-bond acceptors (Lipinski definition) is 0. The van der Waals surface area contributed by atoms with Crippen LogP contribution in [-0.4, -0.2) is 7.85 Å². The SMILES string of the molecule is [B]CCCCCC(c1ccc(C)c(Cl)c1)(c1ccc(C)c(Cl)c1)c1ccc(C)c(Cl)c1. The number of halogens is 3. The number of unbranched alkanes of at least 4 members (excludes halogenated alkanes) is 2. The van der Waals surface area contributed by atoms with Crippen LogP contribution in [0.25, 0.3) is 0 Å². The van der Waals surface area contributed by atoms with Crippen molar-refractivity contribution in [1.82, 2.24) is 0 Å². The second-order valence-electron chi connectivity index (χ2n) is 8.40. The molecule has 0 aromatic heterocycles. The summed E-state index contributed by atoms with van der Waals surface area (Å²) in [5, 5.41) is 2.29. The van der Waals surface area contributed by atoms with E-state index in [9.17, 15) is 0 Å². The first-order valence-electron chi connectivity index (χ1n) is 10.8. The van der Waals surface area contributed by atoms with Crippen molar-refractivity contribution in [3.05, 3.63) is 103 Å². The Hall–Kier alpha value is -1.41. The van der Waals surface area contributed by atoms with Crippen LogP contribution in [0, 0.1) is 20.8 Å². The van der Waals surface area contributed by atoms with Crippen molar-refractivity contribution < 1.29 is 0 Å². The standard InChI is InChI=1S/C27H28BCl3/c1-18-7-10-21(15-24(18)29)27(13-5-4-6-14-28,22-11-8-19(2)25(30)16-22)23-12-9-20(3)26(31)17-23/h7-12,15-17H,4-6,13-14H2,1-3H3. The second kappa shape index (κ2) is 10.5. The van der Waals surface area contributed by atoms with Crippen LogP contribution in [0.15, 0.2) is 54.6 Å². The lowest BCUT2D eigenvalue weighted by molar-refractivity contribution is 0.514. The quantitative estimate of drug-likeness (QED) is 0.175. The molecule has 0 unspecified atom stereocenters. The molecule has 0 N–H and O–H groups in total. The Balaban J connectivity index is 2.31. The van der Waals surface area contributed by atoms with Gasteiger partial charge in [0.2, 0.25) is 0 Å². The molecule has 0 amide bonds. The maximum Gasteiger partial charge on any atom is 0.0653 e. The highest BCUT2D eigenvalue weighted by Crippen LogP contribution is 2.46. The molecule has 4 heteroatoms. The van der Waals surface area contributed by atoms with E-state index >= 15 is 0 Å². The van der Waals surface area contributed by atoms with Crippen molar-refractivity contribution in [1.29, 1.82) is 0 Å². The first-order chi connectivity index (χ1) is 14.8. The first-order valence-corrected chi connectivity index (χ1v) is 11.9. The molecule has 0 fully saturated rings. The predicted molar refractivity (Wildman–Crippen MR) is 137 cm³/mol. The normalized spacial score (nSPS) is 11.7. The van der Waals surface area contributed by atoms with Gasteiger partial charge in [0.25, 0.3) is 0 Å². The van der Waals surface area contributed by atoms with Crippen molar-refractivity contribution in [2.45, 2.75) is 58.2 Å². The van der Waals surface area contributed by atoms with Gasteiger partial charge in [0, 0.05) is 20.5 Å². The van der Waals surface area contributed by atoms with Crippen LogP contribution in [0.2, 0.25) is 21.4 Å². The Morgan fingerprint density at radius 1 is 0.613 bits per heavy atom. The van der Waals surface area contributed by atoms with E-state index in [4.69, 9.17) is 42.6 Å². The summed E-state index contributed by atoms with van der Waals surface area (Å²) in [5.74, 6) is 0. The van der Waals surface area contributed by atoms with Crippen LogP contribution in [-0.2, 0) is 5.41 Å². The smallest absolute Gasteiger partial charge is 0.0653 e. The molecular formula is C27H28BCl3. The zero-order chi connectivity index (χ0) is 22.6. The van der Waals surface area contributed by atoms with Gasteiger partial charge in [0.05, 0.1) is 7.85 Å². The highest BCUT2D eigenvalue weighted by Gasteiger charge is 2.37. The van der Waals surface area contributed by atoms with Gasteiger partial charge in [-0.1, -0.05) is 96.8 Å². The summed E-state index contributed by atoms with van der Waals surface area (Å²) < 4.78 is 0. The molecule has 0 saturated carbocycles. The van der Waals surface area contributed by atoms with E-state index in [1.807, 2.05) is 20.8 Å². The Labute approximate surface area is 203 Å². The fourth-order valence-corrected chi connectivity index (χ4v) is 4.76. The van der Waals surface area contributed by atoms with Gasteiger partial charge >= 0.3 is 0 Å². The third kappa shape index (κ3) is 5.16. The fourth-order valence-electron chi connectivity index (χ4n) is 4.22. The average Bonchev–Trinajstić information content (AvgIpc) is 2.75. The summed E-state index contributed by atoms with van der Waals surface area (Å²) >= 11 is 19.9. The molecule has 0 saturated heterocycles. The summed E-state index contributed by atoms with van der Waals surface area (Å²) in [6, 6.07) is 19.1.